The van der Waals surface area contributed by atoms with Crippen LogP contribution < -0.4 is 4.74 Å². The number of ether oxygens (including phenoxy) is 1. The molecular weight excluding hydrogens is 312 g/mol. The standard InChI is InChI=1S/C22H30O3/c1-14-8-10-15(11-9-14)20(24)25-17-13-12-16(21(2,3)4)19(23)18(17)22(5,6)7/h8-13,20,23-24H,1-7H3. The van der Waals surface area contributed by atoms with Gasteiger partial charge >= 0.3 is 0 Å². The van der Waals surface area contributed by atoms with E-state index in [1.807, 2.05) is 64.1 Å². The SMILES string of the molecule is Cc1ccc(C(O)Oc2ccc(C(C)(C)C)c(O)c2C(C)(C)C)cc1. The van der Waals surface area contributed by atoms with Gasteiger partial charge in [0.15, 0.2) is 0 Å². The Morgan fingerprint density at radius 3 is 1.88 bits per heavy atom. The predicted octanol–water partition coefficient (Wildman–Crippen LogP) is 5.37. The molecule has 0 aliphatic rings. The van der Waals surface area contributed by atoms with Gasteiger partial charge < -0.3 is 14.9 Å². The summed E-state index contributed by atoms with van der Waals surface area (Å²) in [5.74, 6) is 0.750. The lowest BCUT2D eigenvalue weighted by molar-refractivity contribution is -0.0207. The lowest BCUT2D eigenvalue weighted by Crippen LogP contribution is -2.19. The Hall–Kier alpha value is -2.00. The van der Waals surface area contributed by atoms with Crippen LogP contribution in [0.5, 0.6) is 11.5 Å². The Balaban J connectivity index is 2.47. The topological polar surface area (TPSA) is 49.7 Å². The summed E-state index contributed by atoms with van der Waals surface area (Å²) in [6.07, 6.45) is -1.08. The molecule has 2 aromatic rings. The van der Waals surface area contributed by atoms with Crippen LogP contribution in [0.25, 0.3) is 0 Å². The number of benzene rings is 2. The fourth-order valence-electron chi connectivity index (χ4n) is 2.92. The van der Waals surface area contributed by atoms with E-state index in [2.05, 4.69) is 20.8 Å². The van der Waals surface area contributed by atoms with Crippen molar-refractivity contribution < 1.29 is 14.9 Å². The van der Waals surface area contributed by atoms with Crippen molar-refractivity contribution in [3.05, 3.63) is 58.7 Å². The van der Waals surface area contributed by atoms with Gasteiger partial charge in [-0.3, -0.25) is 0 Å². The summed E-state index contributed by atoms with van der Waals surface area (Å²) in [5, 5.41) is 21.4. The number of phenols is 1. The molecule has 3 nitrogen and oxygen atoms in total. The van der Waals surface area contributed by atoms with Gasteiger partial charge in [0, 0.05) is 11.1 Å². The van der Waals surface area contributed by atoms with Crippen molar-refractivity contribution in [1.82, 2.24) is 0 Å². The van der Waals surface area contributed by atoms with Gasteiger partial charge in [-0.1, -0.05) is 77.4 Å². The molecule has 3 heteroatoms. The van der Waals surface area contributed by atoms with Crippen LogP contribution in [-0.2, 0) is 10.8 Å². The third kappa shape index (κ3) is 4.35. The molecular formula is C22H30O3. The Morgan fingerprint density at radius 1 is 0.840 bits per heavy atom. The molecule has 0 bridgehead atoms. The van der Waals surface area contributed by atoms with Crippen LogP contribution in [0.4, 0.5) is 0 Å². The first-order chi connectivity index (χ1) is 11.4. The molecule has 0 spiro atoms. The number of aromatic hydroxyl groups is 1. The van der Waals surface area contributed by atoms with Crippen LogP contribution >= 0.6 is 0 Å². The molecule has 25 heavy (non-hydrogen) atoms. The maximum atomic E-state index is 10.9. The molecule has 0 saturated heterocycles. The van der Waals surface area contributed by atoms with Crippen molar-refractivity contribution in [1.29, 1.82) is 0 Å². The molecule has 0 radical (unpaired) electrons. The molecule has 2 rings (SSSR count). The van der Waals surface area contributed by atoms with Crippen LogP contribution in [0.3, 0.4) is 0 Å². The Labute approximate surface area is 151 Å². The van der Waals surface area contributed by atoms with Crippen LogP contribution in [0.1, 0.15) is 70.1 Å². The largest absolute Gasteiger partial charge is 0.507 e. The Morgan fingerprint density at radius 2 is 1.40 bits per heavy atom. The summed E-state index contributed by atoms with van der Waals surface area (Å²) < 4.78 is 5.84. The highest BCUT2D eigenvalue weighted by Gasteiger charge is 2.29. The maximum Gasteiger partial charge on any atom is 0.224 e. The first-order valence-electron chi connectivity index (χ1n) is 8.69. The monoisotopic (exact) mass is 342 g/mol. The van der Waals surface area contributed by atoms with E-state index in [9.17, 15) is 10.2 Å². The second kappa shape index (κ2) is 6.72. The molecule has 0 aliphatic heterocycles. The van der Waals surface area contributed by atoms with Crippen LogP contribution in [0.15, 0.2) is 36.4 Å². The minimum atomic E-state index is -1.08. The zero-order chi connectivity index (χ0) is 19.0. The number of aliphatic hydroxyl groups is 1. The summed E-state index contributed by atoms with van der Waals surface area (Å²) in [6.45, 7) is 14.3. The molecule has 0 saturated carbocycles. The van der Waals surface area contributed by atoms with E-state index in [1.54, 1.807) is 0 Å². The summed E-state index contributed by atoms with van der Waals surface area (Å²) in [6, 6.07) is 11.3. The fraction of sp³-hybridized carbons (Fsp3) is 0.455. The van der Waals surface area contributed by atoms with E-state index in [0.717, 1.165) is 11.1 Å². The van der Waals surface area contributed by atoms with Gasteiger partial charge in [0.1, 0.15) is 11.5 Å². The second-order valence-corrected chi connectivity index (χ2v) is 8.72. The summed E-state index contributed by atoms with van der Waals surface area (Å²) in [4.78, 5) is 0. The summed E-state index contributed by atoms with van der Waals surface area (Å²) in [7, 11) is 0. The van der Waals surface area contributed by atoms with Crippen molar-refractivity contribution in [3.8, 4) is 11.5 Å². The molecule has 0 aromatic heterocycles. The van der Waals surface area contributed by atoms with Crippen LogP contribution in [0.2, 0.25) is 0 Å². The van der Waals surface area contributed by atoms with Gasteiger partial charge in [0.05, 0.1) is 0 Å². The van der Waals surface area contributed by atoms with E-state index >= 15 is 0 Å². The molecule has 0 heterocycles. The van der Waals surface area contributed by atoms with Gasteiger partial charge in [-0.05, 0) is 29.4 Å². The number of phenolic OH excluding ortho intramolecular Hbond substituents is 1. The minimum Gasteiger partial charge on any atom is -0.507 e. The van der Waals surface area contributed by atoms with Gasteiger partial charge in [-0.25, -0.2) is 0 Å². The van der Waals surface area contributed by atoms with Crippen molar-refractivity contribution in [2.45, 2.75) is 65.6 Å². The molecule has 1 atom stereocenters. The van der Waals surface area contributed by atoms with Crippen molar-refractivity contribution >= 4 is 0 Å². The highest BCUT2D eigenvalue weighted by atomic mass is 16.6. The zero-order valence-corrected chi connectivity index (χ0v) is 16.3. The molecule has 0 amide bonds. The minimum absolute atomic E-state index is 0.182. The van der Waals surface area contributed by atoms with Gasteiger partial charge in [-0.15, -0.1) is 0 Å². The Bertz CT molecular complexity index is 732. The first-order valence-corrected chi connectivity index (χ1v) is 8.69. The Kier molecular flexibility index (Phi) is 5.19. The third-order valence-electron chi connectivity index (χ3n) is 4.30. The van der Waals surface area contributed by atoms with Crippen molar-refractivity contribution in [3.63, 3.8) is 0 Å². The molecule has 136 valence electrons. The zero-order valence-electron chi connectivity index (χ0n) is 16.3. The highest BCUT2D eigenvalue weighted by Crippen LogP contribution is 2.44. The maximum absolute atomic E-state index is 10.9. The first kappa shape index (κ1) is 19.3. The second-order valence-electron chi connectivity index (χ2n) is 8.72. The smallest absolute Gasteiger partial charge is 0.224 e. The van der Waals surface area contributed by atoms with Gasteiger partial charge in [0.25, 0.3) is 0 Å². The van der Waals surface area contributed by atoms with Crippen molar-refractivity contribution in [2.75, 3.05) is 0 Å². The van der Waals surface area contributed by atoms with Gasteiger partial charge in [-0.2, -0.15) is 0 Å². The van der Waals surface area contributed by atoms with Crippen LogP contribution in [0, 0.1) is 6.92 Å². The highest BCUT2D eigenvalue weighted by molar-refractivity contribution is 5.54. The normalized spacial score (nSPS) is 13.6. The number of aryl methyl sites for hydroxylation is 1. The van der Waals surface area contributed by atoms with Gasteiger partial charge in [0.2, 0.25) is 6.29 Å². The van der Waals surface area contributed by atoms with Crippen molar-refractivity contribution in [2.24, 2.45) is 0 Å². The van der Waals surface area contributed by atoms with E-state index in [-0.39, 0.29) is 16.6 Å². The van der Waals surface area contributed by atoms with E-state index in [4.69, 9.17) is 4.74 Å². The summed E-state index contributed by atoms with van der Waals surface area (Å²) in [5.41, 5.74) is 2.88. The number of hydrogen-bond donors (Lipinski definition) is 2. The molecule has 2 N–H and O–H groups in total. The average molecular weight is 342 g/mol. The molecule has 1 unspecified atom stereocenters. The average Bonchev–Trinajstić information content (AvgIpc) is 2.45. The van der Waals surface area contributed by atoms with Crippen LogP contribution in [-0.4, -0.2) is 10.2 Å². The van der Waals surface area contributed by atoms with E-state index in [1.165, 1.54) is 0 Å². The molecule has 2 aromatic carbocycles. The fourth-order valence-corrected chi connectivity index (χ4v) is 2.92. The molecule has 0 aliphatic carbocycles. The van der Waals surface area contributed by atoms with E-state index in [0.29, 0.717) is 16.9 Å². The van der Waals surface area contributed by atoms with E-state index < -0.39 is 6.29 Å². The third-order valence-corrected chi connectivity index (χ3v) is 4.30. The lowest BCUT2D eigenvalue weighted by Gasteiger charge is -2.29. The number of rotatable bonds is 3. The summed E-state index contributed by atoms with van der Waals surface area (Å²) >= 11 is 0. The predicted molar refractivity (Wildman–Crippen MR) is 102 cm³/mol. The quantitative estimate of drug-likeness (QED) is 0.738. The molecule has 0 fully saturated rings. The number of hydrogen-bond acceptors (Lipinski definition) is 3. The lowest BCUT2D eigenvalue weighted by atomic mass is 9.79. The number of aliphatic hydroxyl groups excluding tert-OH is 1.